The molecule has 0 unspecified atom stereocenters. The SMILES string of the molecule is CC(=O)Nc1cc(NCCCCCCNC(=O)CN2CCN(c3ccc(Nc4ncc5c(C)c(C(C)=O)c(=O)n(C6CCCC6)c5n4)nc3)CC2)ccc1C(=O)Nc1nc(C)c([N+](=O)[O-])s1. The fraction of sp³-hybridized carbons (Fsp3) is 0.444. The van der Waals surface area contributed by atoms with E-state index in [-0.39, 0.29) is 56.2 Å². The lowest BCUT2D eigenvalue weighted by molar-refractivity contribution is -0.380. The molecular formula is C45H55N13O7S. The van der Waals surface area contributed by atoms with Gasteiger partial charge in [0.1, 0.15) is 17.2 Å². The lowest BCUT2D eigenvalue weighted by atomic mass is 10.0. The molecule has 1 aliphatic heterocycles. The number of amides is 3. The highest BCUT2D eigenvalue weighted by molar-refractivity contribution is 7.19. The Morgan fingerprint density at radius 3 is 2.30 bits per heavy atom. The third-order valence-electron chi connectivity index (χ3n) is 11.8. The number of anilines is 6. The number of carbonyl (C=O) groups excluding carboxylic acids is 4. The molecule has 21 heteroatoms. The molecule has 2 fully saturated rings. The van der Waals surface area contributed by atoms with Crippen molar-refractivity contribution < 1.29 is 24.1 Å². The normalized spacial score (nSPS) is 14.3. The maximum atomic E-state index is 13.6. The van der Waals surface area contributed by atoms with Crippen LogP contribution in [0.2, 0.25) is 0 Å². The number of nitrogens with zero attached hydrogens (tertiary/aromatic N) is 8. The van der Waals surface area contributed by atoms with Gasteiger partial charge >= 0.3 is 5.00 Å². The summed E-state index contributed by atoms with van der Waals surface area (Å²) in [5.74, 6) is -0.283. The number of Topliss-reactive ketones (excluding diaryl/α,β-unsaturated/α-hetero) is 1. The number of hydrogen-bond donors (Lipinski definition) is 5. The quantitative estimate of drug-likeness (QED) is 0.0262. The van der Waals surface area contributed by atoms with Gasteiger partial charge in [-0.3, -0.25) is 48.9 Å². The summed E-state index contributed by atoms with van der Waals surface area (Å²) in [6.07, 6.45) is 10.9. The maximum Gasteiger partial charge on any atom is 0.348 e. The summed E-state index contributed by atoms with van der Waals surface area (Å²) >= 11 is 0.764. The van der Waals surface area contributed by atoms with E-state index in [0.29, 0.717) is 53.7 Å². The van der Waals surface area contributed by atoms with Gasteiger partial charge < -0.3 is 26.2 Å². The molecule has 1 saturated heterocycles. The largest absolute Gasteiger partial charge is 0.385 e. The molecule has 5 heterocycles. The number of aryl methyl sites for hydroxylation is 2. The third-order valence-corrected chi connectivity index (χ3v) is 12.9. The van der Waals surface area contributed by atoms with Crippen molar-refractivity contribution in [3.05, 3.63) is 85.6 Å². The van der Waals surface area contributed by atoms with E-state index in [1.165, 1.54) is 20.8 Å². The zero-order valence-corrected chi connectivity index (χ0v) is 38.4. The molecule has 5 aromatic rings. The van der Waals surface area contributed by atoms with Crippen molar-refractivity contribution in [2.24, 2.45) is 0 Å². The number of fused-ring (bicyclic) bond motifs is 1. The lowest BCUT2D eigenvalue weighted by Crippen LogP contribution is -2.49. The van der Waals surface area contributed by atoms with Crippen LogP contribution in [-0.4, -0.2) is 104 Å². The van der Waals surface area contributed by atoms with Gasteiger partial charge in [0.25, 0.3) is 11.5 Å². The van der Waals surface area contributed by atoms with Gasteiger partial charge in [0.2, 0.25) is 17.8 Å². The van der Waals surface area contributed by atoms with E-state index >= 15 is 0 Å². The minimum Gasteiger partial charge on any atom is -0.385 e. The van der Waals surface area contributed by atoms with Crippen LogP contribution < -0.4 is 37.0 Å². The first-order valence-electron chi connectivity index (χ1n) is 22.2. The van der Waals surface area contributed by atoms with Gasteiger partial charge in [-0.05, 0) is 93.7 Å². The maximum absolute atomic E-state index is 13.6. The number of hydrogen-bond acceptors (Lipinski definition) is 16. The summed E-state index contributed by atoms with van der Waals surface area (Å²) < 4.78 is 1.70. The number of carbonyl (C=O) groups is 4. The number of benzene rings is 1. The van der Waals surface area contributed by atoms with E-state index < -0.39 is 10.8 Å². The second kappa shape index (κ2) is 21.4. The molecule has 0 atom stereocenters. The van der Waals surface area contributed by atoms with Gasteiger partial charge in [0, 0.05) is 69.5 Å². The number of rotatable bonds is 19. The van der Waals surface area contributed by atoms with Gasteiger partial charge in [-0.1, -0.05) is 25.7 Å². The van der Waals surface area contributed by atoms with Crippen molar-refractivity contribution in [3.8, 4) is 0 Å². The van der Waals surface area contributed by atoms with Crippen LogP contribution in [0.25, 0.3) is 11.0 Å². The fourth-order valence-corrected chi connectivity index (χ4v) is 9.26. The molecule has 3 amide bonds. The van der Waals surface area contributed by atoms with Crippen LogP contribution in [0.3, 0.4) is 0 Å². The molecule has 1 aromatic carbocycles. The fourth-order valence-electron chi connectivity index (χ4n) is 8.48. The highest BCUT2D eigenvalue weighted by Gasteiger charge is 2.27. The zero-order valence-electron chi connectivity index (χ0n) is 37.6. The Balaban J connectivity index is 0.797. The second-order valence-corrected chi connectivity index (χ2v) is 17.6. The summed E-state index contributed by atoms with van der Waals surface area (Å²) in [6.45, 7) is 10.6. The van der Waals surface area contributed by atoms with Crippen molar-refractivity contribution >= 4 is 84.8 Å². The molecule has 5 N–H and O–H groups in total. The van der Waals surface area contributed by atoms with Gasteiger partial charge in [-0.2, -0.15) is 4.98 Å². The minimum absolute atomic E-state index is 0.00277. The zero-order chi connectivity index (χ0) is 46.9. The first-order valence-corrected chi connectivity index (χ1v) is 23.1. The van der Waals surface area contributed by atoms with E-state index in [9.17, 15) is 34.1 Å². The topological polar surface area (TPSA) is 252 Å². The van der Waals surface area contributed by atoms with Crippen molar-refractivity contribution in [1.82, 2.24) is 34.7 Å². The predicted molar refractivity (Wildman–Crippen MR) is 254 cm³/mol. The average molecular weight is 922 g/mol. The van der Waals surface area contributed by atoms with Gasteiger partial charge in [0.05, 0.1) is 40.2 Å². The summed E-state index contributed by atoms with van der Waals surface area (Å²) in [6, 6.07) is 8.83. The molecule has 66 heavy (non-hydrogen) atoms. The van der Waals surface area contributed by atoms with Crippen LogP contribution in [0.5, 0.6) is 0 Å². The van der Waals surface area contributed by atoms with Gasteiger partial charge in [-0.15, -0.1) is 0 Å². The summed E-state index contributed by atoms with van der Waals surface area (Å²) in [7, 11) is 0. The summed E-state index contributed by atoms with van der Waals surface area (Å²) in [4.78, 5) is 96.7. The first-order chi connectivity index (χ1) is 31.7. The molecule has 0 radical (unpaired) electrons. The summed E-state index contributed by atoms with van der Waals surface area (Å²) in [5.41, 5.74) is 3.41. The van der Waals surface area contributed by atoms with Crippen molar-refractivity contribution in [1.29, 1.82) is 0 Å². The number of thiazole rings is 1. The number of nitro groups is 1. The van der Waals surface area contributed by atoms with Crippen molar-refractivity contribution in [2.45, 2.75) is 85.1 Å². The standard InChI is InChI=1S/C45H55N13O7S/c1-27-35-25-49-44(53-40(35)57(32-11-7-8-12-32)42(63)39(27)29(3)59)52-37-16-14-33(24-48-37)56-21-19-55(20-22-56)26-38(61)47-18-10-6-5-9-17-46-31-13-15-34(36(23-31)51-30(4)60)41(62)54-45-50-28(2)43(66-45)58(64)65/h13-16,23-25,32,46H,5-12,17-22,26H2,1-4H3,(H,47,61)(H,51,60)(H,50,54,62)(H,48,49,52,53). The number of aromatic nitrogens is 5. The average Bonchev–Trinajstić information content (AvgIpc) is 3.94. The number of pyridine rings is 2. The van der Waals surface area contributed by atoms with Crippen LogP contribution in [0.15, 0.2) is 47.5 Å². The molecule has 2 aliphatic rings. The van der Waals surface area contributed by atoms with Crippen LogP contribution in [-0.2, 0) is 9.59 Å². The van der Waals surface area contributed by atoms with Gasteiger partial charge in [-0.25, -0.2) is 15.0 Å². The Labute approximate surface area is 385 Å². The smallest absolute Gasteiger partial charge is 0.348 e. The summed E-state index contributed by atoms with van der Waals surface area (Å²) in [5, 5.41) is 26.6. The molecule has 0 bridgehead atoms. The predicted octanol–water partition coefficient (Wildman–Crippen LogP) is 6.35. The number of unbranched alkanes of at least 4 members (excludes halogenated alkanes) is 3. The van der Waals surface area contributed by atoms with Gasteiger partial charge in [0.15, 0.2) is 10.9 Å². The van der Waals surface area contributed by atoms with Crippen LogP contribution in [0, 0.1) is 24.0 Å². The van der Waals surface area contributed by atoms with E-state index in [1.54, 1.807) is 42.1 Å². The Bertz CT molecular complexity index is 2670. The first kappa shape index (κ1) is 47.1. The Morgan fingerprint density at radius 1 is 0.894 bits per heavy atom. The second-order valence-electron chi connectivity index (χ2n) is 16.6. The number of piperazine rings is 1. The number of ketones is 1. The number of nitrogens with one attached hydrogen (secondary N) is 5. The van der Waals surface area contributed by atoms with Crippen LogP contribution in [0.4, 0.5) is 39.0 Å². The molecule has 348 valence electrons. The van der Waals surface area contributed by atoms with E-state index in [2.05, 4.69) is 51.3 Å². The molecule has 20 nitrogen and oxygen atoms in total. The Hall–Kier alpha value is -6.87. The highest BCUT2D eigenvalue weighted by atomic mass is 32.1. The van der Waals surface area contributed by atoms with E-state index in [0.717, 1.165) is 100 Å². The van der Waals surface area contributed by atoms with E-state index in [4.69, 9.17) is 4.98 Å². The van der Waals surface area contributed by atoms with Crippen LogP contribution >= 0.6 is 11.3 Å². The van der Waals surface area contributed by atoms with E-state index in [1.807, 2.05) is 12.1 Å². The molecular weight excluding hydrogens is 867 g/mol. The molecule has 1 saturated carbocycles. The Kier molecular flexibility index (Phi) is 15.3. The molecule has 0 spiro atoms. The van der Waals surface area contributed by atoms with Crippen molar-refractivity contribution in [2.75, 3.05) is 72.0 Å². The lowest BCUT2D eigenvalue weighted by Gasteiger charge is -2.35. The Morgan fingerprint density at radius 2 is 1.64 bits per heavy atom. The highest BCUT2D eigenvalue weighted by Crippen LogP contribution is 2.33. The molecule has 1 aliphatic carbocycles. The minimum atomic E-state index is -0.554. The monoisotopic (exact) mass is 921 g/mol. The van der Waals surface area contributed by atoms with Crippen LogP contribution in [0.1, 0.15) is 103 Å². The molecule has 7 rings (SSSR count). The molecule has 4 aromatic heterocycles. The van der Waals surface area contributed by atoms with Crippen molar-refractivity contribution in [3.63, 3.8) is 0 Å². The third kappa shape index (κ3) is 11.5.